The summed E-state index contributed by atoms with van der Waals surface area (Å²) >= 11 is 1.65. The molecular formula is C13H19FN2OS. The molecule has 0 unspecified atom stereocenters. The second kappa shape index (κ2) is 7.38. The first-order valence-corrected chi connectivity index (χ1v) is 7.31. The molecular weight excluding hydrogens is 251 g/mol. The monoisotopic (exact) mass is 270 g/mol. The van der Waals surface area contributed by atoms with E-state index in [2.05, 4.69) is 0 Å². The number of carbonyl (C=O) groups excluding carboxylic acids is 1. The van der Waals surface area contributed by atoms with E-state index in [4.69, 9.17) is 5.73 Å². The molecule has 0 saturated heterocycles. The standard InChI is InChI=1S/C13H19FN2OS/c1-3-16(11-6-4-5-10(14)9-11)13(17)12(15)7-8-18-2/h4-6,9,12H,3,7-8,15H2,1-2H3/t12-/m1/s1. The number of thioether (sulfide) groups is 1. The fraction of sp³-hybridized carbons (Fsp3) is 0.462. The lowest BCUT2D eigenvalue weighted by Gasteiger charge is -2.24. The van der Waals surface area contributed by atoms with Gasteiger partial charge in [-0.3, -0.25) is 4.79 Å². The molecule has 3 nitrogen and oxygen atoms in total. The quantitative estimate of drug-likeness (QED) is 0.862. The summed E-state index contributed by atoms with van der Waals surface area (Å²) in [6.45, 7) is 2.33. The maximum absolute atomic E-state index is 13.2. The highest BCUT2D eigenvalue weighted by molar-refractivity contribution is 7.98. The van der Waals surface area contributed by atoms with Crippen LogP contribution < -0.4 is 10.6 Å². The number of hydrogen-bond acceptors (Lipinski definition) is 3. The van der Waals surface area contributed by atoms with Gasteiger partial charge in [0, 0.05) is 12.2 Å². The van der Waals surface area contributed by atoms with E-state index in [-0.39, 0.29) is 11.7 Å². The number of hydrogen-bond donors (Lipinski definition) is 1. The average Bonchev–Trinajstić information content (AvgIpc) is 2.36. The Balaban J connectivity index is 2.79. The fourth-order valence-corrected chi connectivity index (χ4v) is 2.17. The predicted octanol–water partition coefficient (Wildman–Crippen LogP) is 2.26. The Bertz CT molecular complexity index is 400. The van der Waals surface area contributed by atoms with Crippen molar-refractivity contribution in [2.45, 2.75) is 19.4 Å². The van der Waals surface area contributed by atoms with Crippen LogP contribution in [0, 0.1) is 5.82 Å². The molecule has 1 amide bonds. The Kier molecular flexibility index (Phi) is 6.15. The number of carbonyl (C=O) groups is 1. The lowest BCUT2D eigenvalue weighted by molar-refractivity contribution is -0.119. The molecule has 100 valence electrons. The van der Waals surface area contributed by atoms with Crippen LogP contribution in [0.15, 0.2) is 24.3 Å². The van der Waals surface area contributed by atoms with Crippen LogP contribution in [-0.2, 0) is 4.79 Å². The van der Waals surface area contributed by atoms with Gasteiger partial charge in [-0.15, -0.1) is 0 Å². The second-order valence-corrected chi connectivity index (χ2v) is 4.94. The third-order valence-electron chi connectivity index (χ3n) is 2.65. The number of rotatable bonds is 6. The van der Waals surface area contributed by atoms with E-state index in [1.165, 1.54) is 17.0 Å². The van der Waals surface area contributed by atoms with Gasteiger partial charge in [0.15, 0.2) is 0 Å². The van der Waals surface area contributed by atoms with E-state index in [9.17, 15) is 9.18 Å². The largest absolute Gasteiger partial charge is 0.320 e. The maximum Gasteiger partial charge on any atom is 0.243 e. The number of nitrogens with two attached hydrogens (primary N) is 1. The Morgan fingerprint density at radius 2 is 2.28 bits per heavy atom. The van der Waals surface area contributed by atoms with Crippen molar-refractivity contribution in [1.82, 2.24) is 0 Å². The molecule has 1 aromatic rings. The highest BCUT2D eigenvalue weighted by Crippen LogP contribution is 2.17. The van der Waals surface area contributed by atoms with Gasteiger partial charge in [-0.25, -0.2) is 4.39 Å². The van der Waals surface area contributed by atoms with Gasteiger partial charge in [-0.05, 0) is 43.6 Å². The molecule has 1 rings (SSSR count). The van der Waals surface area contributed by atoms with Crippen LogP contribution in [0.4, 0.5) is 10.1 Å². The van der Waals surface area contributed by atoms with Gasteiger partial charge in [0.25, 0.3) is 0 Å². The Hall–Kier alpha value is -1.07. The number of likely N-dealkylation sites (N-methyl/N-ethyl adjacent to an activating group) is 1. The highest BCUT2D eigenvalue weighted by atomic mass is 32.2. The number of benzene rings is 1. The summed E-state index contributed by atoms with van der Waals surface area (Å²) in [4.78, 5) is 13.7. The molecule has 0 aliphatic carbocycles. The van der Waals surface area contributed by atoms with Crippen LogP contribution in [0.3, 0.4) is 0 Å². The van der Waals surface area contributed by atoms with Crippen molar-refractivity contribution in [1.29, 1.82) is 0 Å². The molecule has 18 heavy (non-hydrogen) atoms. The molecule has 0 spiro atoms. The molecule has 0 heterocycles. The highest BCUT2D eigenvalue weighted by Gasteiger charge is 2.20. The minimum Gasteiger partial charge on any atom is -0.320 e. The fourth-order valence-electron chi connectivity index (χ4n) is 1.68. The van der Waals surface area contributed by atoms with E-state index >= 15 is 0 Å². The summed E-state index contributed by atoms with van der Waals surface area (Å²) < 4.78 is 13.2. The minimum absolute atomic E-state index is 0.155. The number of amides is 1. The van der Waals surface area contributed by atoms with Crippen molar-refractivity contribution in [3.05, 3.63) is 30.1 Å². The predicted molar refractivity (Wildman–Crippen MR) is 75.4 cm³/mol. The van der Waals surface area contributed by atoms with E-state index < -0.39 is 6.04 Å². The molecule has 1 atom stereocenters. The number of nitrogens with zero attached hydrogens (tertiary/aromatic N) is 1. The average molecular weight is 270 g/mol. The summed E-state index contributed by atoms with van der Waals surface area (Å²) in [6.07, 6.45) is 2.60. The molecule has 0 bridgehead atoms. The summed E-state index contributed by atoms with van der Waals surface area (Å²) in [5.74, 6) is 0.335. The Morgan fingerprint density at radius 3 is 2.83 bits per heavy atom. The van der Waals surface area contributed by atoms with Crippen LogP contribution in [0.25, 0.3) is 0 Å². The molecule has 0 radical (unpaired) electrons. The first-order chi connectivity index (χ1) is 8.60. The van der Waals surface area contributed by atoms with Crippen molar-refractivity contribution < 1.29 is 9.18 Å². The lowest BCUT2D eigenvalue weighted by atomic mass is 10.2. The summed E-state index contributed by atoms with van der Waals surface area (Å²) in [6, 6.07) is 5.48. The molecule has 0 aliphatic rings. The van der Waals surface area contributed by atoms with Gasteiger partial charge < -0.3 is 10.6 Å². The van der Waals surface area contributed by atoms with E-state index in [1.54, 1.807) is 23.9 Å². The third kappa shape index (κ3) is 3.99. The molecule has 0 aliphatic heterocycles. The first-order valence-electron chi connectivity index (χ1n) is 5.91. The molecule has 0 fully saturated rings. The second-order valence-electron chi connectivity index (χ2n) is 3.95. The Labute approximate surface area is 112 Å². The van der Waals surface area contributed by atoms with Gasteiger partial charge >= 0.3 is 0 Å². The zero-order valence-electron chi connectivity index (χ0n) is 10.7. The lowest BCUT2D eigenvalue weighted by Crippen LogP contribution is -2.44. The maximum atomic E-state index is 13.2. The molecule has 1 aromatic carbocycles. The van der Waals surface area contributed by atoms with Crippen LogP contribution in [0.2, 0.25) is 0 Å². The van der Waals surface area contributed by atoms with Crippen LogP contribution in [-0.4, -0.2) is 30.5 Å². The smallest absolute Gasteiger partial charge is 0.243 e. The van der Waals surface area contributed by atoms with Crippen molar-refractivity contribution in [2.75, 3.05) is 23.5 Å². The van der Waals surface area contributed by atoms with Crippen LogP contribution in [0.1, 0.15) is 13.3 Å². The van der Waals surface area contributed by atoms with Crippen molar-refractivity contribution in [3.63, 3.8) is 0 Å². The summed E-state index contributed by atoms with van der Waals surface area (Å²) in [7, 11) is 0. The SMILES string of the molecule is CCN(C(=O)[C@H](N)CCSC)c1cccc(F)c1. The van der Waals surface area contributed by atoms with Gasteiger partial charge in [0.05, 0.1) is 6.04 Å². The third-order valence-corrected chi connectivity index (χ3v) is 3.30. The van der Waals surface area contributed by atoms with Crippen LogP contribution in [0.5, 0.6) is 0 Å². The molecule has 5 heteroatoms. The molecule has 0 saturated carbocycles. The van der Waals surface area contributed by atoms with E-state index in [0.29, 0.717) is 18.7 Å². The van der Waals surface area contributed by atoms with Gasteiger partial charge in [0.2, 0.25) is 5.91 Å². The zero-order chi connectivity index (χ0) is 13.5. The minimum atomic E-state index is -0.527. The van der Waals surface area contributed by atoms with E-state index in [1.807, 2.05) is 13.2 Å². The normalized spacial score (nSPS) is 12.2. The number of halogens is 1. The first kappa shape index (κ1) is 15.0. The number of anilines is 1. The van der Waals surface area contributed by atoms with Gasteiger partial charge in [0.1, 0.15) is 5.82 Å². The van der Waals surface area contributed by atoms with E-state index in [0.717, 1.165) is 5.75 Å². The van der Waals surface area contributed by atoms with Gasteiger partial charge in [-0.1, -0.05) is 6.07 Å². The van der Waals surface area contributed by atoms with Gasteiger partial charge in [-0.2, -0.15) is 11.8 Å². The summed E-state index contributed by atoms with van der Waals surface area (Å²) in [5.41, 5.74) is 6.41. The zero-order valence-corrected chi connectivity index (χ0v) is 11.5. The van der Waals surface area contributed by atoms with Crippen LogP contribution >= 0.6 is 11.8 Å². The van der Waals surface area contributed by atoms with Crippen molar-refractivity contribution >= 4 is 23.4 Å². The molecule has 0 aromatic heterocycles. The van der Waals surface area contributed by atoms with Crippen molar-refractivity contribution in [2.24, 2.45) is 5.73 Å². The molecule has 2 N–H and O–H groups in total. The topological polar surface area (TPSA) is 46.3 Å². The Morgan fingerprint density at radius 1 is 1.56 bits per heavy atom. The summed E-state index contributed by atoms with van der Waals surface area (Å²) in [5, 5.41) is 0. The van der Waals surface area contributed by atoms with Crippen molar-refractivity contribution in [3.8, 4) is 0 Å².